The molecule has 0 radical (unpaired) electrons. The van der Waals surface area contributed by atoms with Crippen LogP contribution in [-0.2, 0) is 0 Å². The van der Waals surface area contributed by atoms with Gasteiger partial charge in [-0.15, -0.1) is 0 Å². The van der Waals surface area contributed by atoms with Crippen LogP contribution in [0.1, 0.15) is 50.6 Å². The maximum atomic E-state index is 5.60. The Morgan fingerprint density at radius 2 is 2.00 bits per heavy atom. The van der Waals surface area contributed by atoms with E-state index < -0.39 is 0 Å². The zero-order valence-corrected chi connectivity index (χ0v) is 12.6. The molecular weight excluding hydrogens is 252 g/mol. The van der Waals surface area contributed by atoms with Gasteiger partial charge in [0.05, 0.1) is 11.0 Å². The highest BCUT2D eigenvalue weighted by atomic mass is 32.1. The normalized spacial score (nSPS) is 24.5. The first-order valence-electron chi connectivity index (χ1n) is 7.38. The van der Waals surface area contributed by atoms with E-state index in [1.54, 1.807) is 0 Å². The number of para-hydroxylation sites is 1. The third-order valence-electron chi connectivity index (χ3n) is 4.61. The van der Waals surface area contributed by atoms with Crippen molar-refractivity contribution in [1.82, 2.24) is 9.55 Å². The van der Waals surface area contributed by atoms with E-state index in [0.717, 1.165) is 4.77 Å². The predicted octanol–water partition coefficient (Wildman–Crippen LogP) is 5.15. The number of nitrogens with one attached hydrogen (secondary N) is 1. The van der Waals surface area contributed by atoms with E-state index in [1.165, 1.54) is 48.7 Å². The summed E-state index contributed by atoms with van der Waals surface area (Å²) in [4.78, 5) is 3.41. The Bertz CT molecular complexity index is 638. The third kappa shape index (κ3) is 2.25. The smallest absolute Gasteiger partial charge is 0.178 e. The summed E-state index contributed by atoms with van der Waals surface area (Å²) in [5.74, 6) is 0.716. The van der Waals surface area contributed by atoms with Gasteiger partial charge in [-0.3, -0.25) is 0 Å². The number of aromatic amines is 1. The molecule has 1 aliphatic carbocycles. The van der Waals surface area contributed by atoms with Crippen LogP contribution in [0.5, 0.6) is 0 Å². The number of hydrogen-bond acceptors (Lipinski definition) is 1. The van der Waals surface area contributed by atoms with Crippen molar-refractivity contribution >= 4 is 23.3 Å². The monoisotopic (exact) mass is 274 g/mol. The maximum Gasteiger partial charge on any atom is 0.178 e. The Balaban J connectivity index is 2.16. The highest BCUT2D eigenvalue weighted by molar-refractivity contribution is 7.71. The SMILES string of the molecule is Cc1cccc2c1[nH]c(=S)n2C1CCCCCC1C. The van der Waals surface area contributed by atoms with E-state index in [9.17, 15) is 0 Å². The molecule has 0 bridgehead atoms. The van der Waals surface area contributed by atoms with Crippen LogP contribution < -0.4 is 0 Å². The van der Waals surface area contributed by atoms with Crippen LogP contribution >= 0.6 is 12.2 Å². The van der Waals surface area contributed by atoms with E-state index >= 15 is 0 Å². The minimum absolute atomic E-state index is 0.561. The Hall–Kier alpha value is -1.09. The highest BCUT2D eigenvalue weighted by Crippen LogP contribution is 2.35. The number of rotatable bonds is 1. The molecule has 1 fully saturated rings. The van der Waals surface area contributed by atoms with Gasteiger partial charge in [0.15, 0.2) is 4.77 Å². The molecule has 1 aromatic carbocycles. The van der Waals surface area contributed by atoms with Crippen LogP contribution in [0.15, 0.2) is 18.2 Å². The van der Waals surface area contributed by atoms with Crippen molar-refractivity contribution in [3.8, 4) is 0 Å². The van der Waals surface area contributed by atoms with E-state index in [-0.39, 0.29) is 0 Å². The van der Waals surface area contributed by atoms with Gasteiger partial charge in [0.25, 0.3) is 0 Å². The van der Waals surface area contributed by atoms with Gasteiger partial charge in [0, 0.05) is 6.04 Å². The maximum absolute atomic E-state index is 5.60. The van der Waals surface area contributed by atoms with Crippen LogP contribution in [0.4, 0.5) is 0 Å². The van der Waals surface area contributed by atoms with Crippen molar-refractivity contribution in [3.05, 3.63) is 28.5 Å². The minimum atomic E-state index is 0.561. The molecule has 3 rings (SSSR count). The fourth-order valence-electron chi connectivity index (χ4n) is 3.48. The number of hydrogen-bond donors (Lipinski definition) is 1. The lowest BCUT2D eigenvalue weighted by atomic mass is 9.96. The first-order valence-corrected chi connectivity index (χ1v) is 7.79. The molecule has 2 atom stereocenters. The number of nitrogens with zero attached hydrogens (tertiary/aromatic N) is 1. The van der Waals surface area contributed by atoms with E-state index in [4.69, 9.17) is 12.2 Å². The number of H-pyrrole nitrogens is 1. The first kappa shape index (κ1) is 12.9. The first-order chi connectivity index (χ1) is 9.18. The molecule has 102 valence electrons. The zero-order valence-electron chi connectivity index (χ0n) is 11.8. The molecule has 0 amide bonds. The zero-order chi connectivity index (χ0) is 13.4. The summed E-state index contributed by atoms with van der Waals surface area (Å²) in [5, 5.41) is 0. The summed E-state index contributed by atoms with van der Waals surface area (Å²) in [5.41, 5.74) is 3.77. The lowest BCUT2D eigenvalue weighted by Gasteiger charge is -2.23. The van der Waals surface area contributed by atoms with Gasteiger partial charge in [0.2, 0.25) is 0 Å². The van der Waals surface area contributed by atoms with Crippen LogP contribution in [0.25, 0.3) is 11.0 Å². The van der Waals surface area contributed by atoms with Crippen LogP contribution in [-0.4, -0.2) is 9.55 Å². The number of fused-ring (bicyclic) bond motifs is 1. The van der Waals surface area contributed by atoms with Gasteiger partial charge in [-0.05, 0) is 49.5 Å². The molecule has 2 nitrogen and oxygen atoms in total. The summed E-state index contributed by atoms with van der Waals surface area (Å²) in [6.07, 6.45) is 6.65. The van der Waals surface area contributed by atoms with Gasteiger partial charge in [-0.2, -0.15) is 0 Å². The number of benzene rings is 1. The molecule has 19 heavy (non-hydrogen) atoms. The Kier molecular flexibility index (Phi) is 3.48. The van der Waals surface area contributed by atoms with Gasteiger partial charge >= 0.3 is 0 Å². The summed E-state index contributed by atoms with van der Waals surface area (Å²) in [6, 6.07) is 7.05. The quantitative estimate of drug-likeness (QED) is 0.563. The lowest BCUT2D eigenvalue weighted by Crippen LogP contribution is -2.16. The minimum Gasteiger partial charge on any atom is -0.330 e. The Morgan fingerprint density at radius 1 is 1.21 bits per heavy atom. The molecule has 1 N–H and O–H groups in total. The fraction of sp³-hybridized carbons (Fsp3) is 0.562. The van der Waals surface area contributed by atoms with Crippen molar-refractivity contribution < 1.29 is 0 Å². The Morgan fingerprint density at radius 3 is 2.84 bits per heavy atom. The summed E-state index contributed by atoms with van der Waals surface area (Å²) in [6.45, 7) is 4.53. The van der Waals surface area contributed by atoms with Gasteiger partial charge in [0.1, 0.15) is 0 Å². The second kappa shape index (κ2) is 5.12. The fourth-order valence-corrected chi connectivity index (χ4v) is 3.81. The van der Waals surface area contributed by atoms with Crippen LogP contribution in [0, 0.1) is 17.6 Å². The van der Waals surface area contributed by atoms with Gasteiger partial charge < -0.3 is 9.55 Å². The largest absolute Gasteiger partial charge is 0.330 e. The van der Waals surface area contributed by atoms with Crippen molar-refractivity contribution in [2.24, 2.45) is 5.92 Å². The van der Waals surface area contributed by atoms with Crippen molar-refractivity contribution in [2.45, 2.75) is 52.0 Å². The summed E-state index contributed by atoms with van der Waals surface area (Å²) >= 11 is 5.60. The van der Waals surface area contributed by atoms with Gasteiger partial charge in [-0.1, -0.05) is 38.3 Å². The summed E-state index contributed by atoms with van der Waals surface area (Å²) < 4.78 is 3.27. The number of aryl methyl sites for hydroxylation is 1. The molecule has 1 aromatic heterocycles. The number of aromatic nitrogens is 2. The standard InChI is InChI=1S/C16H22N2S/c1-11-7-4-3-5-9-13(11)18-14-10-6-8-12(2)15(14)17-16(18)19/h6,8,10-11,13H,3-5,7,9H2,1-2H3,(H,17,19). The highest BCUT2D eigenvalue weighted by Gasteiger charge is 2.23. The second-order valence-corrected chi connectivity index (χ2v) is 6.34. The summed E-state index contributed by atoms with van der Waals surface area (Å²) in [7, 11) is 0. The van der Waals surface area contributed by atoms with E-state index in [2.05, 4.69) is 41.6 Å². The van der Waals surface area contributed by atoms with Crippen LogP contribution in [0.2, 0.25) is 0 Å². The molecule has 3 heteroatoms. The van der Waals surface area contributed by atoms with Gasteiger partial charge in [-0.25, -0.2) is 0 Å². The van der Waals surface area contributed by atoms with E-state index in [0.29, 0.717) is 12.0 Å². The topological polar surface area (TPSA) is 20.7 Å². The van der Waals surface area contributed by atoms with Crippen molar-refractivity contribution in [3.63, 3.8) is 0 Å². The van der Waals surface area contributed by atoms with E-state index in [1.807, 2.05) is 0 Å². The molecule has 0 aliphatic heterocycles. The molecule has 0 saturated heterocycles. The molecule has 1 aliphatic rings. The van der Waals surface area contributed by atoms with Crippen molar-refractivity contribution in [2.75, 3.05) is 0 Å². The average molecular weight is 274 g/mol. The number of imidazole rings is 1. The molecule has 2 aromatic rings. The van der Waals surface area contributed by atoms with Crippen molar-refractivity contribution in [1.29, 1.82) is 0 Å². The molecule has 2 unspecified atom stereocenters. The second-order valence-electron chi connectivity index (χ2n) is 5.95. The molecule has 1 saturated carbocycles. The third-order valence-corrected chi connectivity index (χ3v) is 4.91. The molecule has 1 heterocycles. The average Bonchev–Trinajstić information content (AvgIpc) is 2.57. The predicted molar refractivity (Wildman–Crippen MR) is 83.1 cm³/mol. The molecular formula is C16H22N2S. The van der Waals surface area contributed by atoms with Crippen LogP contribution in [0.3, 0.4) is 0 Å². The Labute approximate surface area is 119 Å². The lowest BCUT2D eigenvalue weighted by molar-refractivity contribution is 0.338. The molecule has 0 spiro atoms.